The summed E-state index contributed by atoms with van der Waals surface area (Å²) in [6.07, 6.45) is 4.29. The van der Waals surface area contributed by atoms with E-state index in [4.69, 9.17) is 11.6 Å². The third-order valence-corrected chi connectivity index (χ3v) is 4.19. The zero-order valence-corrected chi connectivity index (χ0v) is 14.1. The van der Waals surface area contributed by atoms with Crippen LogP contribution >= 0.6 is 11.6 Å². The Morgan fingerprint density at radius 2 is 1.79 bits per heavy atom. The highest BCUT2D eigenvalue weighted by molar-refractivity contribution is 6.29. The summed E-state index contributed by atoms with van der Waals surface area (Å²) in [5.41, 5.74) is 1.55. The number of carbonyl (C=O) groups excluding carboxylic acids is 1. The zero-order chi connectivity index (χ0) is 16.8. The molecule has 0 atom stereocenters. The summed E-state index contributed by atoms with van der Waals surface area (Å²) >= 11 is 5.70. The topological polar surface area (TPSA) is 49.3 Å². The molecule has 2 heterocycles. The molecule has 0 unspecified atom stereocenters. The van der Waals surface area contributed by atoms with Crippen LogP contribution in [0.5, 0.6) is 0 Å². The number of piperazine rings is 1. The molecule has 0 bridgehead atoms. The summed E-state index contributed by atoms with van der Waals surface area (Å²) in [6, 6.07) is 13.5. The van der Waals surface area contributed by atoms with Crippen molar-refractivity contribution in [1.29, 1.82) is 0 Å². The molecule has 0 spiro atoms. The molecule has 2 aromatic rings. The zero-order valence-electron chi connectivity index (χ0n) is 13.3. The molecule has 1 aromatic carbocycles. The third-order valence-electron chi connectivity index (χ3n) is 3.98. The standard InChI is InChI=1S/C18H19ClN4O/c19-17-9-8-16(20-21-17)18(24)23-13-11-22(12-14-23)10-4-7-15-5-2-1-3-6-15/h1-9H,10-14H2/b7-4+. The average Bonchev–Trinajstić information content (AvgIpc) is 2.63. The first-order chi connectivity index (χ1) is 11.7. The van der Waals surface area contributed by atoms with E-state index >= 15 is 0 Å². The predicted octanol–water partition coefficient (Wildman–Crippen LogP) is 2.60. The largest absolute Gasteiger partial charge is 0.335 e. The monoisotopic (exact) mass is 342 g/mol. The van der Waals surface area contributed by atoms with E-state index in [0.29, 0.717) is 23.9 Å². The molecule has 1 aliphatic heterocycles. The predicted molar refractivity (Wildman–Crippen MR) is 94.9 cm³/mol. The van der Waals surface area contributed by atoms with Crippen LogP contribution in [-0.2, 0) is 0 Å². The van der Waals surface area contributed by atoms with Gasteiger partial charge in [-0.1, -0.05) is 54.1 Å². The molecule has 3 rings (SSSR count). The van der Waals surface area contributed by atoms with E-state index in [2.05, 4.69) is 39.4 Å². The van der Waals surface area contributed by atoms with Crippen molar-refractivity contribution in [3.05, 3.63) is 65.0 Å². The molecular weight excluding hydrogens is 324 g/mol. The molecule has 1 aromatic heterocycles. The minimum Gasteiger partial charge on any atom is -0.335 e. The Labute approximate surface area is 146 Å². The molecule has 5 nitrogen and oxygen atoms in total. The minimum atomic E-state index is -0.0846. The van der Waals surface area contributed by atoms with E-state index < -0.39 is 0 Å². The number of aromatic nitrogens is 2. The van der Waals surface area contributed by atoms with Crippen LogP contribution in [0, 0.1) is 0 Å². The maximum Gasteiger partial charge on any atom is 0.274 e. The lowest BCUT2D eigenvalue weighted by atomic mass is 10.2. The second-order valence-electron chi connectivity index (χ2n) is 5.65. The van der Waals surface area contributed by atoms with Crippen LogP contribution in [-0.4, -0.2) is 58.6 Å². The second-order valence-corrected chi connectivity index (χ2v) is 6.03. The normalized spacial score (nSPS) is 15.8. The Hall–Kier alpha value is -2.24. The number of hydrogen-bond acceptors (Lipinski definition) is 4. The molecule has 1 amide bonds. The summed E-state index contributed by atoms with van der Waals surface area (Å²) in [6.45, 7) is 3.99. The van der Waals surface area contributed by atoms with Gasteiger partial charge in [0.2, 0.25) is 0 Å². The Bertz CT molecular complexity index is 695. The van der Waals surface area contributed by atoms with Gasteiger partial charge in [0.15, 0.2) is 10.8 Å². The fraction of sp³-hybridized carbons (Fsp3) is 0.278. The molecule has 0 radical (unpaired) electrons. The lowest BCUT2D eigenvalue weighted by Gasteiger charge is -2.33. The highest BCUT2D eigenvalue weighted by Crippen LogP contribution is 2.09. The lowest BCUT2D eigenvalue weighted by molar-refractivity contribution is 0.0643. The molecule has 24 heavy (non-hydrogen) atoms. The summed E-state index contributed by atoms with van der Waals surface area (Å²) in [5.74, 6) is -0.0846. The van der Waals surface area contributed by atoms with Gasteiger partial charge in [-0.3, -0.25) is 9.69 Å². The number of benzene rings is 1. The van der Waals surface area contributed by atoms with E-state index in [1.165, 1.54) is 5.56 Å². The maximum atomic E-state index is 12.4. The van der Waals surface area contributed by atoms with Gasteiger partial charge in [-0.15, -0.1) is 10.2 Å². The van der Waals surface area contributed by atoms with Gasteiger partial charge in [-0.2, -0.15) is 0 Å². The highest BCUT2D eigenvalue weighted by atomic mass is 35.5. The number of hydrogen-bond donors (Lipinski definition) is 0. The molecule has 0 N–H and O–H groups in total. The second kappa shape index (κ2) is 8.04. The lowest BCUT2D eigenvalue weighted by Crippen LogP contribution is -2.48. The van der Waals surface area contributed by atoms with Crippen LogP contribution in [0.1, 0.15) is 16.1 Å². The van der Waals surface area contributed by atoms with Crippen molar-refractivity contribution in [2.24, 2.45) is 0 Å². The summed E-state index contributed by atoms with van der Waals surface area (Å²) < 4.78 is 0. The summed E-state index contributed by atoms with van der Waals surface area (Å²) in [5, 5.41) is 7.88. The first-order valence-corrected chi connectivity index (χ1v) is 8.32. The van der Waals surface area contributed by atoms with Crippen LogP contribution in [0.25, 0.3) is 6.08 Å². The van der Waals surface area contributed by atoms with E-state index in [9.17, 15) is 4.79 Å². The number of halogens is 1. The smallest absolute Gasteiger partial charge is 0.274 e. The molecule has 1 saturated heterocycles. The van der Waals surface area contributed by atoms with E-state index in [1.54, 1.807) is 12.1 Å². The van der Waals surface area contributed by atoms with Crippen LogP contribution in [0.15, 0.2) is 48.5 Å². The van der Waals surface area contributed by atoms with Crippen molar-refractivity contribution in [1.82, 2.24) is 20.0 Å². The fourth-order valence-electron chi connectivity index (χ4n) is 2.63. The number of nitrogens with zero attached hydrogens (tertiary/aromatic N) is 4. The molecule has 1 fully saturated rings. The first kappa shape index (κ1) is 16.6. The van der Waals surface area contributed by atoms with Crippen LogP contribution in [0.4, 0.5) is 0 Å². The molecular formula is C18H19ClN4O. The Morgan fingerprint density at radius 3 is 2.46 bits per heavy atom. The van der Waals surface area contributed by atoms with Crippen molar-refractivity contribution < 1.29 is 4.79 Å². The average molecular weight is 343 g/mol. The van der Waals surface area contributed by atoms with Gasteiger partial charge in [0.1, 0.15) is 0 Å². The van der Waals surface area contributed by atoms with Gasteiger partial charge < -0.3 is 4.90 Å². The molecule has 124 valence electrons. The molecule has 0 saturated carbocycles. The Morgan fingerprint density at radius 1 is 1.04 bits per heavy atom. The Balaban J connectivity index is 1.48. The van der Waals surface area contributed by atoms with Gasteiger partial charge in [0, 0.05) is 32.7 Å². The van der Waals surface area contributed by atoms with Crippen LogP contribution in [0.2, 0.25) is 5.15 Å². The van der Waals surface area contributed by atoms with Crippen molar-refractivity contribution in [3.8, 4) is 0 Å². The van der Waals surface area contributed by atoms with Gasteiger partial charge in [-0.05, 0) is 17.7 Å². The SMILES string of the molecule is O=C(c1ccc(Cl)nn1)N1CCN(C/C=C/c2ccccc2)CC1. The van der Waals surface area contributed by atoms with E-state index in [0.717, 1.165) is 19.6 Å². The molecule has 1 aliphatic rings. The highest BCUT2D eigenvalue weighted by Gasteiger charge is 2.22. The van der Waals surface area contributed by atoms with Crippen molar-refractivity contribution in [2.75, 3.05) is 32.7 Å². The number of rotatable bonds is 4. The van der Waals surface area contributed by atoms with Gasteiger partial charge >= 0.3 is 0 Å². The van der Waals surface area contributed by atoms with Crippen molar-refractivity contribution in [2.45, 2.75) is 0 Å². The van der Waals surface area contributed by atoms with Gasteiger partial charge in [0.05, 0.1) is 0 Å². The Kier molecular flexibility index (Phi) is 5.56. The van der Waals surface area contributed by atoms with E-state index in [-0.39, 0.29) is 5.91 Å². The number of carbonyl (C=O) groups is 1. The van der Waals surface area contributed by atoms with Crippen molar-refractivity contribution in [3.63, 3.8) is 0 Å². The fourth-order valence-corrected chi connectivity index (χ4v) is 2.73. The van der Waals surface area contributed by atoms with Crippen LogP contribution < -0.4 is 0 Å². The summed E-state index contributed by atoms with van der Waals surface area (Å²) in [7, 11) is 0. The maximum absolute atomic E-state index is 12.4. The van der Waals surface area contributed by atoms with Crippen molar-refractivity contribution >= 4 is 23.6 Å². The van der Waals surface area contributed by atoms with Gasteiger partial charge in [0.25, 0.3) is 5.91 Å². The quantitative estimate of drug-likeness (QED) is 0.857. The first-order valence-electron chi connectivity index (χ1n) is 7.95. The van der Waals surface area contributed by atoms with Crippen LogP contribution in [0.3, 0.4) is 0 Å². The molecule has 0 aliphatic carbocycles. The third kappa shape index (κ3) is 4.40. The number of amides is 1. The van der Waals surface area contributed by atoms with E-state index in [1.807, 2.05) is 23.1 Å². The van der Waals surface area contributed by atoms with Gasteiger partial charge in [-0.25, -0.2) is 0 Å². The molecule has 6 heteroatoms. The summed E-state index contributed by atoms with van der Waals surface area (Å²) in [4.78, 5) is 16.5. The minimum absolute atomic E-state index is 0.0846.